The maximum Gasteiger partial charge on any atom is 0.230 e. The predicted octanol–water partition coefficient (Wildman–Crippen LogP) is 4.04. The highest BCUT2D eigenvalue weighted by Crippen LogP contribution is 2.64. The van der Waals surface area contributed by atoms with Gasteiger partial charge in [0.25, 0.3) is 0 Å². The van der Waals surface area contributed by atoms with Gasteiger partial charge in [-0.2, -0.15) is 0 Å². The van der Waals surface area contributed by atoms with E-state index in [9.17, 15) is 4.79 Å². The number of amides is 1. The molecule has 5 aliphatic rings. The number of halogens is 1. The molecule has 6 rings (SSSR count). The number of para-hydroxylation sites is 2. The van der Waals surface area contributed by atoms with Gasteiger partial charge in [0.15, 0.2) is 0 Å². The molecule has 140 valence electrons. The van der Waals surface area contributed by atoms with Crippen LogP contribution in [0.2, 0.25) is 0 Å². The zero-order valence-electron chi connectivity index (χ0n) is 15.2. The van der Waals surface area contributed by atoms with E-state index in [0.29, 0.717) is 11.8 Å². The van der Waals surface area contributed by atoms with Gasteiger partial charge in [0.1, 0.15) is 0 Å². The maximum absolute atomic E-state index is 13.4. The van der Waals surface area contributed by atoms with Crippen LogP contribution in [0.15, 0.2) is 24.3 Å². The minimum atomic E-state index is -0.260. The minimum Gasteiger partial charge on any atom is -0.378 e. The average molecular weight is 375 g/mol. The van der Waals surface area contributed by atoms with Crippen LogP contribution in [-0.4, -0.2) is 37.1 Å². The highest BCUT2D eigenvalue weighted by Gasteiger charge is 2.60. The number of rotatable bonds is 3. The molecule has 0 aromatic heterocycles. The second kappa shape index (κ2) is 6.13. The molecule has 5 heteroatoms. The van der Waals surface area contributed by atoms with Crippen molar-refractivity contribution in [1.82, 2.24) is 0 Å². The van der Waals surface area contributed by atoms with E-state index >= 15 is 0 Å². The summed E-state index contributed by atoms with van der Waals surface area (Å²) in [7, 11) is 0. The molecule has 1 aliphatic heterocycles. The lowest BCUT2D eigenvalue weighted by molar-refractivity contribution is -0.138. The summed E-state index contributed by atoms with van der Waals surface area (Å²) in [5.74, 6) is 1.46. The summed E-state index contributed by atoms with van der Waals surface area (Å²) in [4.78, 5) is 15.6. The summed E-state index contributed by atoms with van der Waals surface area (Å²) in [6.45, 7) is 3.22. The molecular formula is C21H27ClN2O2. The van der Waals surface area contributed by atoms with Crippen molar-refractivity contribution in [1.29, 1.82) is 0 Å². The number of carbonyl (C=O) groups excluding carboxylic acids is 1. The molecule has 1 amide bonds. The Morgan fingerprint density at radius 3 is 2.50 bits per heavy atom. The molecule has 4 saturated carbocycles. The molecule has 5 fully saturated rings. The van der Waals surface area contributed by atoms with Crippen molar-refractivity contribution >= 4 is 28.9 Å². The van der Waals surface area contributed by atoms with Gasteiger partial charge in [0.05, 0.1) is 30.0 Å². The van der Waals surface area contributed by atoms with Crippen molar-refractivity contribution in [2.45, 2.75) is 43.4 Å². The molecule has 1 N–H and O–H groups in total. The monoisotopic (exact) mass is 374 g/mol. The zero-order chi connectivity index (χ0) is 17.8. The van der Waals surface area contributed by atoms with Crippen LogP contribution < -0.4 is 10.2 Å². The van der Waals surface area contributed by atoms with Crippen molar-refractivity contribution in [2.24, 2.45) is 17.3 Å². The van der Waals surface area contributed by atoms with E-state index in [1.807, 2.05) is 18.2 Å². The Morgan fingerprint density at radius 1 is 1.12 bits per heavy atom. The second-order valence-electron chi connectivity index (χ2n) is 8.96. The number of nitrogens with zero attached hydrogens (tertiary/aromatic N) is 1. The maximum atomic E-state index is 13.4. The highest BCUT2D eigenvalue weighted by molar-refractivity contribution is 6.24. The fraction of sp³-hybridized carbons (Fsp3) is 0.667. The first-order valence-electron chi connectivity index (χ1n) is 9.97. The van der Waals surface area contributed by atoms with Crippen LogP contribution in [0.5, 0.6) is 0 Å². The molecule has 4 aliphatic carbocycles. The molecule has 0 radical (unpaired) electrons. The molecule has 4 nitrogen and oxygen atoms in total. The Bertz CT molecular complexity index is 702. The predicted molar refractivity (Wildman–Crippen MR) is 104 cm³/mol. The first-order chi connectivity index (χ1) is 12.6. The number of nitrogens with one attached hydrogen (secondary N) is 1. The first-order valence-corrected chi connectivity index (χ1v) is 10.4. The molecule has 1 aromatic carbocycles. The van der Waals surface area contributed by atoms with E-state index < -0.39 is 0 Å². The molecule has 4 bridgehead atoms. The normalized spacial score (nSPS) is 38.4. The SMILES string of the molecule is O=C(Nc1ccccc1N1CCOCC1)C12C[C@@H]3C[C@@H](CC(Cl)(C3)C1)C2. The van der Waals surface area contributed by atoms with Gasteiger partial charge in [-0.15, -0.1) is 11.6 Å². The molecule has 2 unspecified atom stereocenters. The fourth-order valence-electron chi connectivity index (χ4n) is 6.33. The van der Waals surface area contributed by atoms with Crippen LogP contribution >= 0.6 is 11.6 Å². The number of carbonyl (C=O) groups is 1. The largest absolute Gasteiger partial charge is 0.378 e. The molecule has 0 spiro atoms. The van der Waals surface area contributed by atoms with Crippen LogP contribution in [0.1, 0.15) is 38.5 Å². The highest BCUT2D eigenvalue weighted by atomic mass is 35.5. The number of benzene rings is 1. The van der Waals surface area contributed by atoms with Gasteiger partial charge in [0.2, 0.25) is 5.91 Å². The summed E-state index contributed by atoms with van der Waals surface area (Å²) < 4.78 is 5.47. The van der Waals surface area contributed by atoms with E-state index in [2.05, 4.69) is 16.3 Å². The van der Waals surface area contributed by atoms with Gasteiger partial charge in [-0.05, 0) is 62.5 Å². The van der Waals surface area contributed by atoms with Gasteiger partial charge < -0.3 is 15.0 Å². The smallest absolute Gasteiger partial charge is 0.230 e. The third kappa shape index (κ3) is 2.82. The number of morpholine rings is 1. The van der Waals surface area contributed by atoms with Gasteiger partial charge in [0, 0.05) is 18.0 Å². The van der Waals surface area contributed by atoms with E-state index in [4.69, 9.17) is 16.3 Å². The van der Waals surface area contributed by atoms with Crippen molar-refractivity contribution in [3.8, 4) is 0 Å². The Hall–Kier alpha value is -1.26. The lowest BCUT2D eigenvalue weighted by Crippen LogP contribution is -2.57. The Kier molecular flexibility index (Phi) is 3.98. The van der Waals surface area contributed by atoms with Crippen molar-refractivity contribution in [3.05, 3.63) is 24.3 Å². The Morgan fingerprint density at radius 2 is 1.81 bits per heavy atom. The number of anilines is 2. The molecular weight excluding hydrogens is 348 g/mol. The molecule has 1 heterocycles. The quantitative estimate of drug-likeness (QED) is 0.812. The van der Waals surface area contributed by atoms with Crippen LogP contribution in [0, 0.1) is 17.3 Å². The van der Waals surface area contributed by atoms with Crippen LogP contribution in [-0.2, 0) is 9.53 Å². The summed E-state index contributed by atoms with van der Waals surface area (Å²) in [5.41, 5.74) is 1.78. The summed E-state index contributed by atoms with van der Waals surface area (Å²) in [5, 5.41) is 3.30. The molecule has 26 heavy (non-hydrogen) atoms. The number of alkyl halides is 1. The van der Waals surface area contributed by atoms with E-state index in [0.717, 1.165) is 69.8 Å². The van der Waals surface area contributed by atoms with Gasteiger partial charge in [-0.3, -0.25) is 4.79 Å². The van der Waals surface area contributed by atoms with E-state index in [1.54, 1.807) is 0 Å². The summed E-state index contributed by atoms with van der Waals surface area (Å²) in [6.07, 6.45) is 6.36. The van der Waals surface area contributed by atoms with Gasteiger partial charge in [-0.25, -0.2) is 0 Å². The summed E-state index contributed by atoms with van der Waals surface area (Å²) in [6, 6.07) is 8.17. The van der Waals surface area contributed by atoms with Crippen molar-refractivity contribution in [2.75, 3.05) is 36.5 Å². The van der Waals surface area contributed by atoms with Crippen LogP contribution in [0.4, 0.5) is 11.4 Å². The zero-order valence-corrected chi connectivity index (χ0v) is 15.9. The standard InChI is InChI=1S/C21H27ClN2O2/c22-21-12-15-9-16(13-21)11-20(10-15,14-21)19(25)23-17-3-1-2-4-18(17)24-5-7-26-8-6-24/h1-4,15-16H,5-14H2,(H,23,25)/t15-,16+,20?,21?. The topological polar surface area (TPSA) is 41.6 Å². The van der Waals surface area contributed by atoms with Gasteiger partial charge in [-0.1, -0.05) is 12.1 Å². The Balaban J connectivity index is 1.39. The third-order valence-corrected chi connectivity index (χ3v) is 7.42. The second-order valence-corrected chi connectivity index (χ2v) is 9.76. The molecule has 1 saturated heterocycles. The first kappa shape index (κ1) is 16.9. The van der Waals surface area contributed by atoms with Crippen molar-refractivity contribution in [3.63, 3.8) is 0 Å². The van der Waals surface area contributed by atoms with E-state index in [-0.39, 0.29) is 16.2 Å². The average Bonchev–Trinajstić information content (AvgIpc) is 2.61. The minimum absolute atomic E-state index is 0.134. The fourth-order valence-corrected chi connectivity index (χ4v) is 7.02. The van der Waals surface area contributed by atoms with Gasteiger partial charge >= 0.3 is 0 Å². The number of hydrogen-bond acceptors (Lipinski definition) is 3. The number of hydrogen-bond donors (Lipinski definition) is 1. The third-order valence-electron chi connectivity index (χ3n) is 6.98. The molecule has 4 atom stereocenters. The molecule has 1 aromatic rings. The Labute approximate surface area is 160 Å². The lowest BCUT2D eigenvalue weighted by Gasteiger charge is -2.59. The van der Waals surface area contributed by atoms with Crippen LogP contribution in [0.3, 0.4) is 0 Å². The van der Waals surface area contributed by atoms with Crippen LogP contribution in [0.25, 0.3) is 0 Å². The van der Waals surface area contributed by atoms with Crippen molar-refractivity contribution < 1.29 is 9.53 Å². The van der Waals surface area contributed by atoms with E-state index in [1.165, 1.54) is 6.42 Å². The summed E-state index contributed by atoms with van der Waals surface area (Å²) >= 11 is 6.92. The number of ether oxygens (including phenoxy) is 1. The lowest BCUT2D eigenvalue weighted by atomic mass is 9.49.